The molecule has 0 spiro atoms. The molecular weight excluding hydrogens is 226 g/mol. The third-order valence-electron chi connectivity index (χ3n) is 3.05. The van der Waals surface area contributed by atoms with Crippen LogP contribution in [0.4, 0.5) is 10.5 Å². The summed E-state index contributed by atoms with van der Waals surface area (Å²) in [5, 5.41) is 9.12. The number of carbonyl (C=O) groups is 1. The van der Waals surface area contributed by atoms with Gasteiger partial charge in [-0.3, -0.25) is 0 Å². The molecule has 0 atom stereocenters. The summed E-state index contributed by atoms with van der Waals surface area (Å²) < 4.78 is 0. The van der Waals surface area contributed by atoms with Crippen LogP contribution in [0.15, 0.2) is 18.2 Å². The molecule has 0 radical (unpaired) electrons. The molecular formula is C14H21N3O. The zero-order valence-electron chi connectivity index (χ0n) is 11.0. The van der Waals surface area contributed by atoms with E-state index in [4.69, 9.17) is 0 Å². The first-order chi connectivity index (χ1) is 8.66. The summed E-state index contributed by atoms with van der Waals surface area (Å²) in [6.07, 6.45) is 2.24. The van der Waals surface area contributed by atoms with Crippen molar-refractivity contribution >= 4 is 11.7 Å². The summed E-state index contributed by atoms with van der Waals surface area (Å²) in [7, 11) is 0. The van der Waals surface area contributed by atoms with Crippen molar-refractivity contribution in [3.63, 3.8) is 0 Å². The van der Waals surface area contributed by atoms with E-state index in [0.29, 0.717) is 6.54 Å². The average Bonchev–Trinajstić information content (AvgIpc) is 2.35. The van der Waals surface area contributed by atoms with Gasteiger partial charge in [-0.05, 0) is 43.9 Å². The number of amides is 2. The van der Waals surface area contributed by atoms with Crippen molar-refractivity contribution in [1.82, 2.24) is 10.6 Å². The smallest absolute Gasteiger partial charge is 0.315 e. The third kappa shape index (κ3) is 3.15. The summed E-state index contributed by atoms with van der Waals surface area (Å²) in [4.78, 5) is 11.6. The van der Waals surface area contributed by atoms with E-state index >= 15 is 0 Å². The van der Waals surface area contributed by atoms with Gasteiger partial charge in [0.2, 0.25) is 0 Å². The molecule has 0 saturated heterocycles. The van der Waals surface area contributed by atoms with Crippen molar-refractivity contribution in [3.8, 4) is 0 Å². The number of benzene rings is 1. The molecule has 1 aromatic rings. The van der Waals surface area contributed by atoms with Crippen LogP contribution < -0.4 is 16.0 Å². The number of nitrogens with one attached hydrogen (secondary N) is 3. The van der Waals surface area contributed by atoms with E-state index in [0.717, 1.165) is 19.4 Å². The number of anilines is 1. The summed E-state index contributed by atoms with van der Waals surface area (Å²) in [6, 6.07) is 6.28. The molecule has 3 N–H and O–H groups in total. The summed E-state index contributed by atoms with van der Waals surface area (Å²) in [5.74, 6) is 0. The maximum absolute atomic E-state index is 11.6. The van der Waals surface area contributed by atoms with Crippen LogP contribution in [0.2, 0.25) is 0 Å². The first-order valence-electron chi connectivity index (χ1n) is 6.56. The van der Waals surface area contributed by atoms with Crippen LogP contribution in [0, 0.1) is 0 Å². The fraction of sp³-hybridized carbons (Fsp3) is 0.500. The quantitative estimate of drug-likeness (QED) is 0.767. The lowest BCUT2D eigenvalue weighted by atomic mass is 9.97. The molecule has 0 aromatic heterocycles. The van der Waals surface area contributed by atoms with Crippen molar-refractivity contribution in [3.05, 3.63) is 29.3 Å². The molecule has 0 saturated carbocycles. The Hall–Kier alpha value is -1.71. The van der Waals surface area contributed by atoms with Gasteiger partial charge < -0.3 is 16.0 Å². The number of rotatable bonds is 3. The second kappa shape index (κ2) is 5.76. The zero-order valence-corrected chi connectivity index (χ0v) is 11.0. The Bertz CT molecular complexity index is 429. The number of urea groups is 1. The standard InChI is InChI=1S/C14H21N3O/c1-10(2)17-14(18)16-9-11-5-3-7-13-12(11)6-4-8-15-13/h3,5,7,10,15H,4,6,8-9H2,1-2H3,(H2,16,17,18). The molecule has 2 rings (SSSR count). The SMILES string of the molecule is CC(C)NC(=O)NCc1cccc2c1CCCN2. The monoisotopic (exact) mass is 247 g/mol. The van der Waals surface area contributed by atoms with Gasteiger partial charge in [0, 0.05) is 24.8 Å². The van der Waals surface area contributed by atoms with Gasteiger partial charge in [0.25, 0.3) is 0 Å². The number of carbonyl (C=O) groups excluding carboxylic acids is 1. The second-order valence-corrected chi connectivity index (χ2v) is 4.96. The van der Waals surface area contributed by atoms with E-state index in [2.05, 4.69) is 28.1 Å². The summed E-state index contributed by atoms with van der Waals surface area (Å²) in [5.41, 5.74) is 3.76. The molecule has 1 aliphatic heterocycles. The van der Waals surface area contributed by atoms with Gasteiger partial charge in [-0.2, -0.15) is 0 Å². The highest BCUT2D eigenvalue weighted by molar-refractivity contribution is 5.74. The van der Waals surface area contributed by atoms with E-state index in [-0.39, 0.29) is 12.1 Å². The number of hydrogen-bond donors (Lipinski definition) is 3. The Morgan fingerprint density at radius 2 is 2.28 bits per heavy atom. The predicted octanol–water partition coefficient (Wildman–Crippen LogP) is 2.25. The largest absolute Gasteiger partial charge is 0.385 e. The van der Waals surface area contributed by atoms with Gasteiger partial charge in [0.1, 0.15) is 0 Å². The van der Waals surface area contributed by atoms with Gasteiger partial charge >= 0.3 is 6.03 Å². The first-order valence-corrected chi connectivity index (χ1v) is 6.56. The summed E-state index contributed by atoms with van der Waals surface area (Å²) in [6.45, 7) is 5.53. The number of fused-ring (bicyclic) bond motifs is 1. The van der Waals surface area contributed by atoms with Crippen molar-refractivity contribution in [2.75, 3.05) is 11.9 Å². The molecule has 18 heavy (non-hydrogen) atoms. The lowest BCUT2D eigenvalue weighted by Gasteiger charge is -2.21. The lowest BCUT2D eigenvalue weighted by Crippen LogP contribution is -2.39. The molecule has 4 heteroatoms. The van der Waals surface area contributed by atoms with E-state index in [1.165, 1.54) is 16.8 Å². The zero-order chi connectivity index (χ0) is 13.0. The van der Waals surface area contributed by atoms with E-state index in [1.807, 2.05) is 19.9 Å². The van der Waals surface area contributed by atoms with Crippen LogP contribution in [0.5, 0.6) is 0 Å². The van der Waals surface area contributed by atoms with Gasteiger partial charge in [-0.15, -0.1) is 0 Å². The fourth-order valence-corrected chi connectivity index (χ4v) is 2.24. The Labute approximate surface area is 108 Å². The highest BCUT2D eigenvalue weighted by Gasteiger charge is 2.12. The van der Waals surface area contributed by atoms with Gasteiger partial charge in [0.15, 0.2) is 0 Å². The van der Waals surface area contributed by atoms with Crippen LogP contribution in [-0.2, 0) is 13.0 Å². The van der Waals surface area contributed by atoms with E-state index in [1.54, 1.807) is 0 Å². The van der Waals surface area contributed by atoms with Crippen molar-refractivity contribution < 1.29 is 4.79 Å². The van der Waals surface area contributed by atoms with Crippen LogP contribution in [0.3, 0.4) is 0 Å². The molecule has 0 aliphatic carbocycles. The molecule has 1 aromatic carbocycles. The minimum Gasteiger partial charge on any atom is -0.385 e. The van der Waals surface area contributed by atoms with Crippen molar-refractivity contribution in [1.29, 1.82) is 0 Å². The lowest BCUT2D eigenvalue weighted by molar-refractivity contribution is 0.238. The minimum atomic E-state index is -0.105. The molecule has 0 unspecified atom stereocenters. The maximum atomic E-state index is 11.6. The van der Waals surface area contributed by atoms with Gasteiger partial charge in [-0.25, -0.2) is 4.79 Å². The highest BCUT2D eigenvalue weighted by atomic mass is 16.2. The average molecular weight is 247 g/mol. The number of hydrogen-bond acceptors (Lipinski definition) is 2. The Morgan fingerprint density at radius 3 is 3.06 bits per heavy atom. The maximum Gasteiger partial charge on any atom is 0.315 e. The molecule has 2 amide bonds. The highest BCUT2D eigenvalue weighted by Crippen LogP contribution is 2.25. The van der Waals surface area contributed by atoms with Crippen molar-refractivity contribution in [2.24, 2.45) is 0 Å². The van der Waals surface area contributed by atoms with Crippen molar-refractivity contribution in [2.45, 2.75) is 39.3 Å². The minimum absolute atomic E-state index is 0.105. The Kier molecular flexibility index (Phi) is 4.07. The molecule has 4 nitrogen and oxygen atoms in total. The van der Waals surface area contributed by atoms with Crippen LogP contribution in [0.25, 0.3) is 0 Å². The summed E-state index contributed by atoms with van der Waals surface area (Å²) >= 11 is 0. The van der Waals surface area contributed by atoms with E-state index < -0.39 is 0 Å². The third-order valence-corrected chi connectivity index (χ3v) is 3.05. The van der Waals surface area contributed by atoms with Gasteiger partial charge in [-0.1, -0.05) is 12.1 Å². The Balaban J connectivity index is 1.99. The van der Waals surface area contributed by atoms with Crippen LogP contribution >= 0.6 is 0 Å². The Morgan fingerprint density at radius 1 is 1.44 bits per heavy atom. The normalized spacial score (nSPS) is 13.7. The first kappa shape index (κ1) is 12.7. The van der Waals surface area contributed by atoms with Crippen LogP contribution in [-0.4, -0.2) is 18.6 Å². The molecule has 1 heterocycles. The molecule has 0 fully saturated rings. The molecule has 98 valence electrons. The fourth-order valence-electron chi connectivity index (χ4n) is 2.24. The van der Waals surface area contributed by atoms with E-state index in [9.17, 15) is 4.79 Å². The predicted molar refractivity (Wildman–Crippen MR) is 73.8 cm³/mol. The van der Waals surface area contributed by atoms with Gasteiger partial charge in [0.05, 0.1) is 0 Å². The van der Waals surface area contributed by atoms with Crippen LogP contribution in [0.1, 0.15) is 31.4 Å². The second-order valence-electron chi connectivity index (χ2n) is 4.96. The molecule has 1 aliphatic rings. The topological polar surface area (TPSA) is 53.2 Å². The molecule has 0 bridgehead atoms.